The minimum Gasteiger partial charge on any atom is -0.461 e. The monoisotopic (exact) mass is 270 g/mol. The molecule has 6 heteroatoms. The Balaban J connectivity index is 2.01. The average Bonchev–Trinajstić information content (AvgIpc) is 2.72. The molecule has 5 nitrogen and oxygen atoms in total. The summed E-state index contributed by atoms with van der Waals surface area (Å²) in [6.45, 7) is 5.58. The van der Waals surface area contributed by atoms with Gasteiger partial charge in [0.05, 0.1) is 19.3 Å². The largest absolute Gasteiger partial charge is 0.461 e. The molecule has 2 rings (SSSR count). The minimum atomic E-state index is -0.348. The Labute approximate surface area is 111 Å². The summed E-state index contributed by atoms with van der Waals surface area (Å²) < 4.78 is 10.4. The van der Waals surface area contributed by atoms with Crippen LogP contribution in [0.5, 0.6) is 0 Å². The number of thiazole rings is 1. The number of anilines is 1. The Kier molecular flexibility index (Phi) is 4.54. The highest BCUT2D eigenvalue weighted by molar-refractivity contribution is 7.15. The molecule has 1 aliphatic rings. The van der Waals surface area contributed by atoms with Crippen molar-refractivity contribution in [1.82, 2.24) is 4.98 Å². The van der Waals surface area contributed by atoms with Crippen molar-refractivity contribution in [2.75, 3.05) is 25.1 Å². The first kappa shape index (κ1) is 13.3. The number of rotatable bonds is 4. The van der Waals surface area contributed by atoms with Crippen LogP contribution in [0, 0.1) is 6.92 Å². The highest BCUT2D eigenvalue weighted by atomic mass is 32.1. The summed E-state index contributed by atoms with van der Waals surface area (Å²) >= 11 is 1.48. The fraction of sp³-hybridized carbons (Fsp3) is 0.667. The topological polar surface area (TPSA) is 60.5 Å². The molecule has 0 bridgehead atoms. The van der Waals surface area contributed by atoms with Crippen LogP contribution in [0.4, 0.5) is 5.13 Å². The summed E-state index contributed by atoms with van der Waals surface area (Å²) in [5, 5.41) is 4.08. The van der Waals surface area contributed by atoms with Crippen LogP contribution in [-0.4, -0.2) is 36.8 Å². The minimum absolute atomic E-state index is 0.291. The zero-order valence-corrected chi connectivity index (χ0v) is 11.5. The number of carbonyl (C=O) groups is 1. The third-order valence-corrected chi connectivity index (χ3v) is 3.66. The van der Waals surface area contributed by atoms with E-state index in [1.165, 1.54) is 11.3 Å². The number of hydrogen-bond acceptors (Lipinski definition) is 6. The van der Waals surface area contributed by atoms with Crippen molar-refractivity contribution in [3.8, 4) is 0 Å². The standard InChI is InChI=1S/C12H18N2O3S/c1-3-17-11(15)10-8(2)18-12(14-10)13-9-5-4-6-16-7-9/h9H,3-7H2,1-2H3,(H,13,14). The molecule has 0 aliphatic carbocycles. The Morgan fingerprint density at radius 1 is 1.67 bits per heavy atom. The Morgan fingerprint density at radius 2 is 2.50 bits per heavy atom. The van der Waals surface area contributed by atoms with E-state index in [0.29, 0.717) is 24.9 Å². The number of aromatic nitrogens is 1. The lowest BCUT2D eigenvalue weighted by Crippen LogP contribution is -2.29. The third kappa shape index (κ3) is 3.20. The van der Waals surface area contributed by atoms with Crippen LogP contribution in [0.1, 0.15) is 35.1 Å². The molecule has 1 aliphatic heterocycles. The van der Waals surface area contributed by atoms with Gasteiger partial charge in [-0.25, -0.2) is 9.78 Å². The van der Waals surface area contributed by atoms with Gasteiger partial charge in [-0.2, -0.15) is 0 Å². The number of aryl methyl sites for hydroxylation is 1. The molecule has 1 fully saturated rings. The number of carbonyl (C=O) groups excluding carboxylic acids is 1. The van der Waals surface area contributed by atoms with Gasteiger partial charge in [-0.1, -0.05) is 0 Å². The van der Waals surface area contributed by atoms with Crippen LogP contribution in [0.2, 0.25) is 0 Å². The zero-order valence-electron chi connectivity index (χ0n) is 10.7. The molecule has 1 saturated heterocycles. The summed E-state index contributed by atoms with van der Waals surface area (Å²) in [5.74, 6) is -0.348. The van der Waals surface area contributed by atoms with Gasteiger partial charge in [0.25, 0.3) is 0 Å². The second kappa shape index (κ2) is 6.15. The summed E-state index contributed by atoms with van der Waals surface area (Å²) in [7, 11) is 0. The van der Waals surface area contributed by atoms with E-state index in [1.54, 1.807) is 6.92 Å². The van der Waals surface area contributed by atoms with Gasteiger partial charge in [0.15, 0.2) is 10.8 Å². The van der Waals surface area contributed by atoms with Gasteiger partial charge in [-0.3, -0.25) is 0 Å². The molecule has 1 N–H and O–H groups in total. The summed E-state index contributed by atoms with van der Waals surface area (Å²) in [6.07, 6.45) is 2.14. The molecule has 0 aromatic carbocycles. The number of esters is 1. The van der Waals surface area contributed by atoms with Crippen molar-refractivity contribution >= 4 is 22.4 Å². The van der Waals surface area contributed by atoms with Crippen LogP contribution in [-0.2, 0) is 9.47 Å². The second-order valence-corrected chi connectivity index (χ2v) is 5.41. The van der Waals surface area contributed by atoms with Crippen LogP contribution >= 0.6 is 11.3 Å². The summed E-state index contributed by atoms with van der Waals surface area (Å²) in [6, 6.07) is 0.291. The molecule has 1 atom stereocenters. The van der Waals surface area contributed by atoms with Gasteiger partial charge in [-0.15, -0.1) is 11.3 Å². The molecule has 1 aromatic rings. The Bertz CT molecular complexity index is 413. The molecule has 100 valence electrons. The molecule has 0 saturated carbocycles. The molecule has 18 heavy (non-hydrogen) atoms. The van der Waals surface area contributed by atoms with E-state index in [4.69, 9.17) is 9.47 Å². The lowest BCUT2D eigenvalue weighted by Gasteiger charge is -2.22. The van der Waals surface area contributed by atoms with E-state index in [0.717, 1.165) is 29.5 Å². The Morgan fingerprint density at radius 3 is 3.17 bits per heavy atom. The summed E-state index contributed by atoms with van der Waals surface area (Å²) in [4.78, 5) is 16.8. The quantitative estimate of drug-likeness (QED) is 0.850. The number of nitrogens with one attached hydrogen (secondary N) is 1. The van der Waals surface area contributed by atoms with Crippen molar-refractivity contribution in [3.63, 3.8) is 0 Å². The maximum Gasteiger partial charge on any atom is 0.358 e. The Hall–Kier alpha value is -1.14. The van der Waals surface area contributed by atoms with Gasteiger partial charge < -0.3 is 14.8 Å². The second-order valence-electron chi connectivity index (χ2n) is 4.20. The first-order chi connectivity index (χ1) is 8.70. The summed E-state index contributed by atoms with van der Waals surface area (Å²) in [5.41, 5.74) is 0.418. The molecular weight excluding hydrogens is 252 g/mol. The SMILES string of the molecule is CCOC(=O)c1nc(NC2CCCOC2)sc1C. The molecule has 1 unspecified atom stereocenters. The number of nitrogens with zero attached hydrogens (tertiary/aromatic N) is 1. The van der Waals surface area contributed by atoms with E-state index in [2.05, 4.69) is 10.3 Å². The van der Waals surface area contributed by atoms with E-state index in [-0.39, 0.29) is 5.97 Å². The first-order valence-electron chi connectivity index (χ1n) is 6.19. The lowest BCUT2D eigenvalue weighted by atomic mass is 10.1. The van der Waals surface area contributed by atoms with Gasteiger partial charge in [0, 0.05) is 11.5 Å². The lowest BCUT2D eigenvalue weighted by molar-refractivity contribution is 0.0519. The third-order valence-electron chi connectivity index (χ3n) is 2.75. The van der Waals surface area contributed by atoms with Crippen molar-refractivity contribution in [2.45, 2.75) is 32.7 Å². The van der Waals surface area contributed by atoms with E-state index >= 15 is 0 Å². The fourth-order valence-corrected chi connectivity index (χ4v) is 2.75. The average molecular weight is 270 g/mol. The van der Waals surface area contributed by atoms with E-state index in [1.807, 2.05) is 6.92 Å². The van der Waals surface area contributed by atoms with Crippen molar-refractivity contribution in [3.05, 3.63) is 10.6 Å². The molecule has 1 aromatic heterocycles. The number of hydrogen-bond donors (Lipinski definition) is 1. The molecule has 0 spiro atoms. The molecule has 0 radical (unpaired) electrons. The van der Waals surface area contributed by atoms with Crippen molar-refractivity contribution < 1.29 is 14.3 Å². The van der Waals surface area contributed by atoms with Gasteiger partial charge in [-0.05, 0) is 26.7 Å². The van der Waals surface area contributed by atoms with Gasteiger partial charge in [0.1, 0.15) is 0 Å². The maximum absolute atomic E-state index is 11.6. The fourth-order valence-electron chi connectivity index (χ4n) is 1.88. The van der Waals surface area contributed by atoms with Gasteiger partial charge >= 0.3 is 5.97 Å². The van der Waals surface area contributed by atoms with Crippen LogP contribution < -0.4 is 5.32 Å². The van der Waals surface area contributed by atoms with Crippen LogP contribution in [0.3, 0.4) is 0 Å². The molecular formula is C12H18N2O3S. The van der Waals surface area contributed by atoms with E-state index in [9.17, 15) is 4.79 Å². The number of ether oxygens (including phenoxy) is 2. The highest BCUT2D eigenvalue weighted by Gasteiger charge is 2.19. The van der Waals surface area contributed by atoms with Crippen LogP contribution in [0.25, 0.3) is 0 Å². The molecule has 0 amide bonds. The predicted octanol–water partition coefficient (Wildman–Crippen LogP) is 2.22. The zero-order chi connectivity index (χ0) is 13.0. The predicted molar refractivity (Wildman–Crippen MR) is 70.3 cm³/mol. The normalized spacial score (nSPS) is 19.6. The van der Waals surface area contributed by atoms with Gasteiger partial charge in [0.2, 0.25) is 0 Å². The maximum atomic E-state index is 11.6. The highest BCUT2D eigenvalue weighted by Crippen LogP contribution is 2.24. The van der Waals surface area contributed by atoms with E-state index < -0.39 is 0 Å². The van der Waals surface area contributed by atoms with Crippen LogP contribution in [0.15, 0.2) is 0 Å². The smallest absolute Gasteiger partial charge is 0.358 e. The van der Waals surface area contributed by atoms with Crippen molar-refractivity contribution in [1.29, 1.82) is 0 Å². The first-order valence-corrected chi connectivity index (χ1v) is 7.01. The van der Waals surface area contributed by atoms with Crippen molar-refractivity contribution in [2.24, 2.45) is 0 Å². The molecule has 2 heterocycles.